The van der Waals surface area contributed by atoms with Crippen LogP contribution < -0.4 is 5.32 Å². The number of hydrogen-bond donors (Lipinski definition) is 1. The van der Waals surface area contributed by atoms with E-state index in [-0.39, 0.29) is 5.91 Å². The van der Waals surface area contributed by atoms with Crippen molar-refractivity contribution in [2.24, 2.45) is 0 Å². The second-order valence-electron chi connectivity index (χ2n) is 4.83. The highest BCUT2D eigenvalue weighted by Crippen LogP contribution is 2.19. The first-order chi connectivity index (χ1) is 10.2. The highest BCUT2D eigenvalue weighted by Gasteiger charge is 2.24. The van der Waals surface area contributed by atoms with Gasteiger partial charge in [-0.2, -0.15) is 13.2 Å². The molecular weight excluding hydrogens is 291 g/mol. The van der Waals surface area contributed by atoms with Crippen molar-refractivity contribution in [3.63, 3.8) is 0 Å². The first-order valence-corrected chi connectivity index (χ1v) is 6.67. The Morgan fingerprint density at radius 1 is 1.27 bits per heavy atom. The Morgan fingerprint density at radius 2 is 1.95 bits per heavy atom. The van der Waals surface area contributed by atoms with Crippen molar-refractivity contribution < 1.29 is 18.0 Å². The maximum Gasteiger partial charge on any atom is 0.392 e. The summed E-state index contributed by atoms with van der Waals surface area (Å²) in [5.41, 5.74) is 2.88. The standard InChI is InChI=1S/C17H18F3NO/c1-4-15(7-5-6-10-17(18,19)20)21-16(22)14-9-8-12(2)13(3)11-14/h4-9,11H,1,10H2,2-3H3,(H,21,22)/b6-5-,15-7+. The van der Waals surface area contributed by atoms with Crippen LogP contribution in [0, 0.1) is 13.8 Å². The Kier molecular flexibility index (Phi) is 6.16. The van der Waals surface area contributed by atoms with E-state index in [1.54, 1.807) is 12.1 Å². The number of allylic oxidation sites excluding steroid dienone is 4. The number of carbonyl (C=O) groups is 1. The van der Waals surface area contributed by atoms with Gasteiger partial charge in [0.05, 0.1) is 6.42 Å². The molecule has 0 radical (unpaired) electrons. The number of halogens is 3. The minimum atomic E-state index is -4.23. The zero-order valence-electron chi connectivity index (χ0n) is 12.5. The molecule has 0 atom stereocenters. The van der Waals surface area contributed by atoms with Gasteiger partial charge >= 0.3 is 6.18 Å². The number of alkyl halides is 3. The van der Waals surface area contributed by atoms with Crippen LogP contribution in [0.2, 0.25) is 0 Å². The second-order valence-corrected chi connectivity index (χ2v) is 4.83. The lowest BCUT2D eigenvalue weighted by molar-refractivity contribution is -0.125. The minimum Gasteiger partial charge on any atom is -0.322 e. The maximum atomic E-state index is 12.1. The van der Waals surface area contributed by atoms with Crippen LogP contribution in [0.5, 0.6) is 0 Å². The summed E-state index contributed by atoms with van der Waals surface area (Å²) in [7, 11) is 0. The molecular formula is C17H18F3NO. The summed E-state index contributed by atoms with van der Waals surface area (Å²) < 4.78 is 36.0. The Hall–Kier alpha value is -2.30. The quantitative estimate of drug-likeness (QED) is 0.791. The fraction of sp³-hybridized carbons (Fsp3) is 0.235. The van der Waals surface area contributed by atoms with Gasteiger partial charge in [-0.25, -0.2) is 0 Å². The molecule has 0 fully saturated rings. The molecule has 118 valence electrons. The number of amides is 1. The lowest BCUT2D eigenvalue weighted by Gasteiger charge is -2.07. The number of rotatable bonds is 5. The molecule has 0 saturated carbocycles. The highest BCUT2D eigenvalue weighted by molar-refractivity contribution is 5.95. The monoisotopic (exact) mass is 309 g/mol. The van der Waals surface area contributed by atoms with E-state index in [2.05, 4.69) is 11.9 Å². The summed E-state index contributed by atoms with van der Waals surface area (Å²) in [6.45, 7) is 7.37. The van der Waals surface area contributed by atoms with Crippen molar-refractivity contribution in [2.75, 3.05) is 0 Å². The van der Waals surface area contributed by atoms with Crippen LogP contribution in [-0.2, 0) is 0 Å². The zero-order valence-corrected chi connectivity index (χ0v) is 12.5. The van der Waals surface area contributed by atoms with Gasteiger partial charge in [-0.3, -0.25) is 4.79 Å². The molecule has 0 aliphatic heterocycles. The molecule has 0 unspecified atom stereocenters. The summed E-state index contributed by atoms with van der Waals surface area (Å²) in [6.07, 6.45) is -0.286. The first-order valence-electron chi connectivity index (χ1n) is 6.67. The van der Waals surface area contributed by atoms with Crippen LogP contribution in [0.15, 0.2) is 54.8 Å². The third-order valence-corrected chi connectivity index (χ3v) is 3.01. The van der Waals surface area contributed by atoms with Gasteiger partial charge in [-0.05, 0) is 49.3 Å². The average molecular weight is 309 g/mol. The number of carbonyl (C=O) groups excluding carboxylic acids is 1. The Balaban J connectivity index is 2.74. The Morgan fingerprint density at radius 3 is 2.50 bits per heavy atom. The minimum absolute atomic E-state index is 0.335. The largest absolute Gasteiger partial charge is 0.392 e. The molecule has 0 aliphatic carbocycles. The zero-order chi connectivity index (χ0) is 16.8. The molecule has 1 rings (SSSR count). The molecule has 5 heteroatoms. The van der Waals surface area contributed by atoms with Gasteiger partial charge in [0, 0.05) is 11.3 Å². The summed E-state index contributed by atoms with van der Waals surface area (Å²) in [4.78, 5) is 12.1. The van der Waals surface area contributed by atoms with Crippen molar-refractivity contribution in [3.05, 3.63) is 71.5 Å². The number of nitrogens with one attached hydrogen (secondary N) is 1. The third-order valence-electron chi connectivity index (χ3n) is 3.01. The third kappa shape index (κ3) is 5.99. The van der Waals surface area contributed by atoms with E-state index < -0.39 is 12.6 Å². The van der Waals surface area contributed by atoms with Gasteiger partial charge in [0.1, 0.15) is 0 Å². The molecule has 0 spiro atoms. The normalized spacial score (nSPS) is 12.5. The van der Waals surface area contributed by atoms with E-state index in [1.807, 2.05) is 19.9 Å². The summed E-state index contributed by atoms with van der Waals surface area (Å²) >= 11 is 0. The van der Waals surface area contributed by atoms with Crippen LogP contribution in [0.4, 0.5) is 13.2 Å². The van der Waals surface area contributed by atoms with Crippen molar-refractivity contribution in [1.29, 1.82) is 0 Å². The topological polar surface area (TPSA) is 29.1 Å². The lowest BCUT2D eigenvalue weighted by atomic mass is 10.1. The van der Waals surface area contributed by atoms with E-state index in [4.69, 9.17) is 0 Å². The van der Waals surface area contributed by atoms with Gasteiger partial charge in [-0.1, -0.05) is 24.8 Å². The highest BCUT2D eigenvalue weighted by atomic mass is 19.4. The van der Waals surface area contributed by atoms with Crippen LogP contribution in [-0.4, -0.2) is 12.1 Å². The van der Waals surface area contributed by atoms with Crippen LogP contribution >= 0.6 is 0 Å². The number of benzene rings is 1. The van der Waals surface area contributed by atoms with Gasteiger partial charge < -0.3 is 5.32 Å². The molecule has 0 aromatic heterocycles. The van der Waals surface area contributed by atoms with E-state index in [0.29, 0.717) is 11.3 Å². The predicted octanol–water partition coefficient (Wildman–Crippen LogP) is 4.61. The first kappa shape index (κ1) is 17.8. The van der Waals surface area contributed by atoms with Gasteiger partial charge in [0.15, 0.2) is 0 Å². The summed E-state index contributed by atoms with van der Waals surface area (Å²) in [5, 5.41) is 2.60. The molecule has 2 nitrogen and oxygen atoms in total. The van der Waals surface area contributed by atoms with E-state index in [9.17, 15) is 18.0 Å². The molecule has 0 bridgehead atoms. The average Bonchev–Trinajstić information content (AvgIpc) is 2.43. The molecule has 1 aromatic rings. The molecule has 1 N–H and O–H groups in total. The van der Waals surface area contributed by atoms with Gasteiger partial charge in [0.25, 0.3) is 5.91 Å². The van der Waals surface area contributed by atoms with E-state index in [1.165, 1.54) is 18.2 Å². The van der Waals surface area contributed by atoms with Crippen LogP contribution in [0.3, 0.4) is 0 Å². The second kappa shape index (κ2) is 7.64. The fourth-order valence-corrected chi connectivity index (χ4v) is 1.62. The molecule has 0 heterocycles. The summed E-state index contributed by atoms with van der Waals surface area (Å²) in [5.74, 6) is -0.335. The van der Waals surface area contributed by atoms with Crippen molar-refractivity contribution >= 4 is 5.91 Å². The Bertz CT molecular complexity index is 613. The molecule has 22 heavy (non-hydrogen) atoms. The van der Waals surface area contributed by atoms with Gasteiger partial charge in [0.2, 0.25) is 0 Å². The predicted molar refractivity (Wildman–Crippen MR) is 81.5 cm³/mol. The van der Waals surface area contributed by atoms with E-state index in [0.717, 1.165) is 17.2 Å². The molecule has 1 amide bonds. The summed E-state index contributed by atoms with van der Waals surface area (Å²) in [6, 6.07) is 5.29. The molecule has 0 aliphatic rings. The smallest absolute Gasteiger partial charge is 0.322 e. The number of aryl methyl sites for hydroxylation is 2. The van der Waals surface area contributed by atoms with Crippen molar-refractivity contribution in [1.82, 2.24) is 5.32 Å². The lowest BCUT2D eigenvalue weighted by Crippen LogP contribution is -2.21. The van der Waals surface area contributed by atoms with Gasteiger partial charge in [-0.15, -0.1) is 0 Å². The fourth-order valence-electron chi connectivity index (χ4n) is 1.62. The molecule has 1 aromatic carbocycles. The van der Waals surface area contributed by atoms with Crippen LogP contribution in [0.1, 0.15) is 27.9 Å². The van der Waals surface area contributed by atoms with E-state index >= 15 is 0 Å². The number of hydrogen-bond acceptors (Lipinski definition) is 1. The molecule has 0 saturated heterocycles. The van der Waals surface area contributed by atoms with Crippen LogP contribution in [0.25, 0.3) is 0 Å². The SMILES string of the molecule is C=C/C(=C\C=C/CC(F)(F)F)NC(=O)c1ccc(C)c(C)c1. The van der Waals surface area contributed by atoms with Crippen molar-refractivity contribution in [3.8, 4) is 0 Å². The maximum absolute atomic E-state index is 12.1. The Labute approximate surface area is 128 Å². The van der Waals surface area contributed by atoms with Crippen molar-refractivity contribution in [2.45, 2.75) is 26.4 Å².